The number of hydrogen-bond acceptors (Lipinski definition) is 4. The van der Waals surface area contributed by atoms with E-state index >= 15 is 0 Å². The number of carbonyl (C=O) groups is 1. The molecule has 2 N–H and O–H groups in total. The third-order valence-electron chi connectivity index (χ3n) is 4.24. The van der Waals surface area contributed by atoms with Crippen LogP contribution in [0.4, 0.5) is 5.82 Å². The topological polar surface area (TPSA) is 65.5 Å². The van der Waals surface area contributed by atoms with E-state index in [1.54, 1.807) is 24.1 Å². The molecule has 2 rings (SSSR count). The summed E-state index contributed by atoms with van der Waals surface area (Å²) in [5, 5.41) is 12.4. The first-order valence-corrected chi connectivity index (χ1v) is 7.66. The highest BCUT2D eigenvalue weighted by Gasteiger charge is 2.27. The molecule has 21 heavy (non-hydrogen) atoms. The lowest BCUT2D eigenvalue weighted by atomic mass is 9.86. The quantitative estimate of drug-likeness (QED) is 0.838. The molecule has 1 amide bonds. The maximum absolute atomic E-state index is 12.6. The molecule has 1 saturated carbocycles. The summed E-state index contributed by atoms with van der Waals surface area (Å²) in [4.78, 5) is 18.5. The third kappa shape index (κ3) is 3.86. The van der Waals surface area contributed by atoms with E-state index in [0.717, 1.165) is 25.7 Å². The smallest absolute Gasteiger partial charge is 0.254 e. The Morgan fingerprint density at radius 3 is 2.67 bits per heavy atom. The van der Waals surface area contributed by atoms with Crippen LogP contribution >= 0.6 is 11.6 Å². The second-order valence-electron chi connectivity index (χ2n) is 5.59. The standard InChI is InChI=1S/C15H22ClN3O2/c1-17-14-8-11(7-13(16)18-14)15(21)19(2)12-5-3-10(9-20)4-6-12/h7-8,10,12,20H,3-6,9H2,1-2H3,(H,17,18). The number of amides is 1. The first-order valence-electron chi connectivity index (χ1n) is 7.28. The number of pyridine rings is 1. The van der Waals surface area contributed by atoms with Gasteiger partial charge in [0.15, 0.2) is 0 Å². The highest BCUT2D eigenvalue weighted by Crippen LogP contribution is 2.27. The number of nitrogens with zero attached hydrogens (tertiary/aromatic N) is 2. The Morgan fingerprint density at radius 1 is 1.43 bits per heavy atom. The second kappa shape index (κ2) is 7.09. The molecule has 1 fully saturated rings. The first-order chi connectivity index (χ1) is 10.0. The van der Waals surface area contributed by atoms with Crippen molar-refractivity contribution in [3.8, 4) is 0 Å². The largest absolute Gasteiger partial charge is 0.396 e. The Balaban J connectivity index is 2.07. The van der Waals surface area contributed by atoms with Gasteiger partial charge < -0.3 is 15.3 Å². The normalized spacial score (nSPS) is 21.9. The minimum absolute atomic E-state index is 0.0387. The minimum Gasteiger partial charge on any atom is -0.396 e. The Labute approximate surface area is 130 Å². The van der Waals surface area contributed by atoms with Gasteiger partial charge in [0.2, 0.25) is 0 Å². The van der Waals surface area contributed by atoms with E-state index in [1.807, 2.05) is 7.05 Å². The first kappa shape index (κ1) is 16.0. The molecule has 0 aliphatic heterocycles. The van der Waals surface area contributed by atoms with Crippen molar-refractivity contribution in [1.82, 2.24) is 9.88 Å². The number of nitrogens with one attached hydrogen (secondary N) is 1. The summed E-state index contributed by atoms with van der Waals surface area (Å²) in [6.45, 7) is 0.246. The van der Waals surface area contributed by atoms with E-state index in [4.69, 9.17) is 11.6 Å². The van der Waals surface area contributed by atoms with Crippen LogP contribution in [0.15, 0.2) is 12.1 Å². The van der Waals surface area contributed by atoms with Crippen molar-refractivity contribution in [2.45, 2.75) is 31.7 Å². The fourth-order valence-corrected chi connectivity index (χ4v) is 3.04. The summed E-state index contributed by atoms with van der Waals surface area (Å²) < 4.78 is 0. The number of rotatable bonds is 4. The molecule has 0 spiro atoms. The van der Waals surface area contributed by atoms with Crippen LogP contribution in [0.3, 0.4) is 0 Å². The van der Waals surface area contributed by atoms with Gasteiger partial charge >= 0.3 is 0 Å². The summed E-state index contributed by atoms with van der Waals surface area (Å²) in [6, 6.07) is 3.54. The molecule has 0 bridgehead atoms. The van der Waals surface area contributed by atoms with Crippen LogP contribution < -0.4 is 5.32 Å². The summed E-state index contributed by atoms with van der Waals surface area (Å²) in [5.41, 5.74) is 0.547. The highest BCUT2D eigenvalue weighted by molar-refractivity contribution is 6.29. The Morgan fingerprint density at radius 2 is 2.10 bits per heavy atom. The van der Waals surface area contributed by atoms with Crippen molar-refractivity contribution in [2.24, 2.45) is 5.92 Å². The van der Waals surface area contributed by atoms with Gasteiger partial charge in [0.1, 0.15) is 11.0 Å². The van der Waals surface area contributed by atoms with Gasteiger partial charge in [-0.1, -0.05) is 11.6 Å². The number of aliphatic hydroxyl groups excluding tert-OH is 1. The van der Waals surface area contributed by atoms with Crippen LogP contribution in [-0.2, 0) is 0 Å². The molecule has 116 valence electrons. The van der Waals surface area contributed by atoms with Crippen molar-refractivity contribution in [3.63, 3.8) is 0 Å². The molecule has 0 radical (unpaired) electrons. The molecular weight excluding hydrogens is 290 g/mol. The van der Waals surface area contributed by atoms with Crippen molar-refractivity contribution in [2.75, 3.05) is 26.0 Å². The lowest BCUT2D eigenvalue weighted by molar-refractivity contribution is 0.0653. The average Bonchev–Trinajstić information content (AvgIpc) is 2.52. The fourth-order valence-electron chi connectivity index (χ4n) is 2.83. The zero-order valence-electron chi connectivity index (χ0n) is 12.5. The van der Waals surface area contributed by atoms with E-state index in [-0.39, 0.29) is 18.6 Å². The molecule has 0 aromatic carbocycles. The molecule has 1 aromatic rings. The molecule has 1 aromatic heterocycles. The Hall–Kier alpha value is -1.33. The number of aromatic nitrogens is 1. The molecule has 0 unspecified atom stereocenters. The predicted molar refractivity (Wildman–Crippen MR) is 83.7 cm³/mol. The molecule has 0 atom stereocenters. The van der Waals surface area contributed by atoms with Gasteiger partial charge in [-0.3, -0.25) is 4.79 Å². The number of aliphatic hydroxyl groups is 1. The van der Waals surface area contributed by atoms with Crippen LogP contribution in [0, 0.1) is 5.92 Å². The average molecular weight is 312 g/mol. The van der Waals surface area contributed by atoms with Gasteiger partial charge in [0.05, 0.1) is 0 Å². The molecule has 1 aliphatic carbocycles. The SMILES string of the molecule is CNc1cc(C(=O)N(C)C2CCC(CO)CC2)cc(Cl)n1. The molecular formula is C15H22ClN3O2. The second-order valence-corrected chi connectivity index (χ2v) is 5.97. The van der Waals surface area contributed by atoms with Crippen molar-refractivity contribution < 1.29 is 9.90 Å². The van der Waals surface area contributed by atoms with Crippen LogP contribution in [0.2, 0.25) is 5.15 Å². The van der Waals surface area contributed by atoms with Crippen molar-refractivity contribution in [1.29, 1.82) is 0 Å². The fraction of sp³-hybridized carbons (Fsp3) is 0.600. The summed E-state index contributed by atoms with van der Waals surface area (Å²) in [6.07, 6.45) is 3.81. The van der Waals surface area contributed by atoms with Gasteiger partial charge in [-0.25, -0.2) is 4.98 Å². The van der Waals surface area contributed by atoms with Crippen molar-refractivity contribution in [3.05, 3.63) is 22.8 Å². The highest BCUT2D eigenvalue weighted by atomic mass is 35.5. The summed E-state index contributed by atoms with van der Waals surface area (Å²) in [5.74, 6) is 0.933. The monoisotopic (exact) mass is 311 g/mol. The molecule has 1 heterocycles. The number of hydrogen-bond donors (Lipinski definition) is 2. The molecule has 5 nitrogen and oxygen atoms in total. The van der Waals surface area contributed by atoms with Crippen LogP contribution in [-0.4, -0.2) is 47.6 Å². The van der Waals surface area contributed by atoms with Gasteiger partial charge in [-0.2, -0.15) is 0 Å². The van der Waals surface area contributed by atoms with Gasteiger partial charge in [0, 0.05) is 32.3 Å². The maximum atomic E-state index is 12.6. The molecule has 0 saturated heterocycles. The summed E-state index contributed by atoms with van der Waals surface area (Å²) >= 11 is 5.95. The summed E-state index contributed by atoms with van der Waals surface area (Å²) in [7, 11) is 3.58. The molecule has 1 aliphatic rings. The Kier molecular flexibility index (Phi) is 5.42. The third-order valence-corrected chi connectivity index (χ3v) is 4.43. The lowest BCUT2D eigenvalue weighted by Crippen LogP contribution is -2.39. The van der Waals surface area contributed by atoms with Crippen LogP contribution in [0.25, 0.3) is 0 Å². The van der Waals surface area contributed by atoms with E-state index in [1.165, 1.54) is 0 Å². The van der Waals surface area contributed by atoms with Crippen LogP contribution in [0.5, 0.6) is 0 Å². The van der Waals surface area contributed by atoms with Gasteiger partial charge in [0.25, 0.3) is 5.91 Å². The Bertz CT molecular complexity index is 502. The van der Waals surface area contributed by atoms with E-state index in [2.05, 4.69) is 10.3 Å². The van der Waals surface area contributed by atoms with E-state index < -0.39 is 0 Å². The number of halogens is 1. The predicted octanol–water partition coefficient (Wildman–Crippen LogP) is 2.40. The van der Waals surface area contributed by atoms with Crippen LogP contribution in [0.1, 0.15) is 36.0 Å². The van der Waals surface area contributed by atoms with Gasteiger partial charge in [-0.05, 0) is 43.7 Å². The van der Waals surface area contributed by atoms with E-state index in [9.17, 15) is 9.90 Å². The minimum atomic E-state index is -0.0387. The maximum Gasteiger partial charge on any atom is 0.254 e. The lowest BCUT2D eigenvalue weighted by Gasteiger charge is -2.34. The number of anilines is 1. The molecule has 6 heteroatoms. The number of carbonyl (C=O) groups excluding carboxylic acids is 1. The van der Waals surface area contributed by atoms with Crippen molar-refractivity contribution >= 4 is 23.3 Å². The van der Waals surface area contributed by atoms with Gasteiger partial charge in [-0.15, -0.1) is 0 Å². The zero-order chi connectivity index (χ0) is 15.4. The van der Waals surface area contributed by atoms with E-state index in [0.29, 0.717) is 22.5 Å². The zero-order valence-corrected chi connectivity index (χ0v) is 13.2.